The van der Waals surface area contributed by atoms with E-state index in [2.05, 4.69) is 5.92 Å². The van der Waals surface area contributed by atoms with E-state index in [1.54, 1.807) is 19.1 Å². The first-order chi connectivity index (χ1) is 7.67. The molecule has 1 rings (SSSR count). The van der Waals surface area contributed by atoms with Crippen LogP contribution < -0.4 is 0 Å². The molecular formula is C13H13FO2. The van der Waals surface area contributed by atoms with Gasteiger partial charge in [-0.25, -0.2) is 4.39 Å². The number of hydrogen-bond donors (Lipinski definition) is 0. The Labute approximate surface area is 94.4 Å². The van der Waals surface area contributed by atoms with Crippen molar-refractivity contribution in [3.05, 3.63) is 35.1 Å². The molecule has 0 aliphatic heterocycles. The Morgan fingerprint density at radius 2 is 2.31 bits per heavy atom. The van der Waals surface area contributed by atoms with Crippen LogP contribution in [0.25, 0.3) is 0 Å². The van der Waals surface area contributed by atoms with Gasteiger partial charge in [0.05, 0.1) is 6.61 Å². The highest BCUT2D eigenvalue weighted by Crippen LogP contribution is 2.12. The van der Waals surface area contributed by atoms with E-state index in [4.69, 9.17) is 11.2 Å². The van der Waals surface area contributed by atoms with Crippen molar-refractivity contribution in [3.8, 4) is 12.3 Å². The fraction of sp³-hybridized carbons (Fsp3) is 0.308. The molecule has 0 radical (unpaired) electrons. The van der Waals surface area contributed by atoms with Crippen molar-refractivity contribution in [1.82, 2.24) is 0 Å². The van der Waals surface area contributed by atoms with Gasteiger partial charge < -0.3 is 4.74 Å². The van der Waals surface area contributed by atoms with Crippen LogP contribution in [0, 0.1) is 18.2 Å². The van der Waals surface area contributed by atoms with Crippen molar-refractivity contribution in [2.45, 2.75) is 19.8 Å². The fourth-order valence-corrected chi connectivity index (χ4v) is 1.31. The molecule has 0 spiro atoms. The summed E-state index contributed by atoms with van der Waals surface area (Å²) in [5.74, 6) is 1.66. The van der Waals surface area contributed by atoms with E-state index >= 15 is 0 Å². The van der Waals surface area contributed by atoms with E-state index in [0.29, 0.717) is 24.2 Å². The van der Waals surface area contributed by atoms with E-state index in [0.717, 1.165) is 0 Å². The molecule has 0 bridgehead atoms. The number of esters is 1. The molecule has 0 aliphatic carbocycles. The van der Waals surface area contributed by atoms with Crippen LogP contribution >= 0.6 is 0 Å². The minimum atomic E-state index is -0.375. The van der Waals surface area contributed by atoms with Crippen molar-refractivity contribution < 1.29 is 13.9 Å². The third-order valence-corrected chi connectivity index (χ3v) is 2.12. The summed E-state index contributed by atoms with van der Waals surface area (Å²) in [6, 6.07) is 4.55. The maximum Gasteiger partial charge on any atom is 0.306 e. The molecule has 1 aromatic rings. The topological polar surface area (TPSA) is 26.3 Å². The Hall–Kier alpha value is -1.82. The fourth-order valence-electron chi connectivity index (χ4n) is 1.31. The molecule has 0 saturated carbocycles. The lowest BCUT2D eigenvalue weighted by Crippen LogP contribution is -2.06. The average molecular weight is 220 g/mol. The van der Waals surface area contributed by atoms with Gasteiger partial charge in [0, 0.05) is 12.0 Å². The molecule has 84 valence electrons. The monoisotopic (exact) mass is 220 g/mol. The van der Waals surface area contributed by atoms with Crippen molar-refractivity contribution in [1.29, 1.82) is 0 Å². The molecule has 0 unspecified atom stereocenters. The van der Waals surface area contributed by atoms with E-state index in [-0.39, 0.29) is 18.2 Å². The van der Waals surface area contributed by atoms with Gasteiger partial charge in [0.2, 0.25) is 0 Å². The number of hydrogen-bond acceptors (Lipinski definition) is 2. The Kier molecular flexibility index (Phi) is 4.53. The van der Waals surface area contributed by atoms with Gasteiger partial charge >= 0.3 is 5.97 Å². The summed E-state index contributed by atoms with van der Waals surface area (Å²) < 4.78 is 18.2. The second-order valence-corrected chi connectivity index (χ2v) is 3.26. The SMILES string of the molecule is C#Cc1ccc(CCC(=O)OCC)c(F)c1. The quantitative estimate of drug-likeness (QED) is 0.575. The minimum Gasteiger partial charge on any atom is -0.466 e. The second-order valence-electron chi connectivity index (χ2n) is 3.26. The van der Waals surface area contributed by atoms with Crippen molar-refractivity contribution in [2.75, 3.05) is 6.61 Å². The van der Waals surface area contributed by atoms with Crippen LogP contribution in [-0.4, -0.2) is 12.6 Å². The third kappa shape index (κ3) is 3.39. The van der Waals surface area contributed by atoms with Gasteiger partial charge in [-0.1, -0.05) is 12.0 Å². The normalized spacial score (nSPS) is 9.56. The first kappa shape index (κ1) is 12.3. The molecule has 0 aromatic heterocycles. The molecule has 2 nitrogen and oxygen atoms in total. The molecule has 0 fully saturated rings. The highest BCUT2D eigenvalue weighted by Gasteiger charge is 2.06. The highest BCUT2D eigenvalue weighted by molar-refractivity contribution is 5.69. The molecule has 0 amide bonds. The molecule has 0 atom stereocenters. The van der Waals surface area contributed by atoms with Gasteiger partial charge in [-0.3, -0.25) is 4.79 Å². The number of benzene rings is 1. The van der Waals surface area contributed by atoms with Gasteiger partial charge in [0.15, 0.2) is 0 Å². The van der Waals surface area contributed by atoms with Crippen LogP contribution in [0.5, 0.6) is 0 Å². The van der Waals surface area contributed by atoms with Crippen molar-refractivity contribution in [3.63, 3.8) is 0 Å². The summed E-state index contributed by atoms with van der Waals surface area (Å²) in [6.07, 6.45) is 5.65. The first-order valence-electron chi connectivity index (χ1n) is 5.08. The van der Waals surface area contributed by atoms with Gasteiger partial charge in [-0.2, -0.15) is 0 Å². The lowest BCUT2D eigenvalue weighted by atomic mass is 10.1. The van der Waals surface area contributed by atoms with Crippen LogP contribution in [0.15, 0.2) is 18.2 Å². The Morgan fingerprint density at radius 3 is 2.88 bits per heavy atom. The smallest absolute Gasteiger partial charge is 0.306 e. The zero-order chi connectivity index (χ0) is 12.0. The average Bonchev–Trinajstić information content (AvgIpc) is 2.27. The first-order valence-corrected chi connectivity index (χ1v) is 5.08. The molecule has 1 aromatic carbocycles. The number of ether oxygens (including phenoxy) is 1. The summed E-state index contributed by atoms with van der Waals surface area (Å²) >= 11 is 0. The Bertz CT molecular complexity index is 418. The molecule has 0 saturated heterocycles. The Morgan fingerprint density at radius 1 is 1.56 bits per heavy atom. The van der Waals surface area contributed by atoms with Crippen LogP contribution in [0.4, 0.5) is 4.39 Å². The molecule has 3 heteroatoms. The molecule has 0 heterocycles. The molecule has 16 heavy (non-hydrogen) atoms. The maximum absolute atomic E-state index is 13.4. The van der Waals surface area contributed by atoms with Gasteiger partial charge in [0.25, 0.3) is 0 Å². The number of aryl methyl sites for hydroxylation is 1. The van der Waals surface area contributed by atoms with Gasteiger partial charge in [-0.15, -0.1) is 6.42 Å². The predicted molar refractivity (Wildman–Crippen MR) is 59.3 cm³/mol. The molecule has 0 aliphatic rings. The number of halogens is 1. The summed E-state index contributed by atoms with van der Waals surface area (Å²) in [7, 11) is 0. The highest BCUT2D eigenvalue weighted by atomic mass is 19.1. The second kappa shape index (κ2) is 5.92. The van der Waals surface area contributed by atoms with Crippen LogP contribution in [0.2, 0.25) is 0 Å². The standard InChI is InChI=1S/C13H13FO2/c1-3-10-5-6-11(12(14)9-10)7-8-13(15)16-4-2/h1,5-6,9H,4,7-8H2,2H3. The van der Waals surface area contributed by atoms with Crippen LogP contribution in [-0.2, 0) is 16.0 Å². The van der Waals surface area contributed by atoms with Crippen LogP contribution in [0.1, 0.15) is 24.5 Å². The summed E-state index contributed by atoms with van der Waals surface area (Å²) in [5, 5.41) is 0. The Balaban J connectivity index is 2.62. The van der Waals surface area contributed by atoms with E-state index in [9.17, 15) is 9.18 Å². The predicted octanol–water partition coefficient (Wildman–Crippen LogP) is 2.30. The molecule has 0 N–H and O–H groups in total. The zero-order valence-corrected chi connectivity index (χ0v) is 9.13. The van der Waals surface area contributed by atoms with Crippen LogP contribution in [0.3, 0.4) is 0 Å². The lowest BCUT2D eigenvalue weighted by Gasteiger charge is -2.03. The third-order valence-electron chi connectivity index (χ3n) is 2.12. The van der Waals surface area contributed by atoms with E-state index in [1.165, 1.54) is 6.07 Å². The van der Waals surface area contributed by atoms with Gasteiger partial charge in [0.1, 0.15) is 5.82 Å². The molecular weight excluding hydrogens is 207 g/mol. The summed E-state index contributed by atoms with van der Waals surface area (Å²) in [5.41, 5.74) is 0.976. The minimum absolute atomic E-state index is 0.181. The van der Waals surface area contributed by atoms with E-state index < -0.39 is 0 Å². The summed E-state index contributed by atoms with van der Waals surface area (Å²) in [6.45, 7) is 2.08. The van der Waals surface area contributed by atoms with Crippen molar-refractivity contribution >= 4 is 5.97 Å². The zero-order valence-electron chi connectivity index (χ0n) is 9.13. The number of carbonyl (C=O) groups is 1. The summed E-state index contributed by atoms with van der Waals surface area (Å²) in [4.78, 5) is 11.1. The van der Waals surface area contributed by atoms with E-state index in [1.807, 2.05) is 0 Å². The lowest BCUT2D eigenvalue weighted by molar-refractivity contribution is -0.143. The van der Waals surface area contributed by atoms with Crippen molar-refractivity contribution in [2.24, 2.45) is 0 Å². The number of rotatable bonds is 4. The maximum atomic E-state index is 13.4. The largest absolute Gasteiger partial charge is 0.466 e. The van der Waals surface area contributed by atoms with Gasteiger partial charge in [-0.05, 0) is 31.0 Å². The number of terminal acetylenes is 1. The number of carbonyl (C=O) groups excluding carboxylic acids is 1.